The predicted molar refractivity (Wildman–Crippen MR) is 56.7 cm³/mol. The Bertz CT molecular complexity index is 206. The first-order chi connectivity index (χ1) is 6.33. The summed E-state index contributed by atoms with van der Waals surface area (Å²) in [4.78, 5) is 0. The van der Waals surface area contributed by atoms with Gasteiger partial charge in [-0.15, -0.1) is 0 Å². The van der Waals surface area contributed by atoms with Gasteiger partial charge in [-0.05, 0) is 31.4 Å². The van der Waals surface area contributed by atoms with Crippen molar-refractivity contribution in [3.05, 3.63) is 22.9 Å². The van der Waals surface area contributed by atoms with Crippen LogP contribution in [0.1, 0.15) is 39.0 Å². The predicted octanol–water partition coefficient (Wildman–Crippen LogP) is 3.99. The number of allylic oxidation sites excluding steroid dienone is 3. The Hall–Kier alpha value is -0.430. The molecule has 0 heterocycles. The SMILES string of the molecule is CCCCCOC1=CCCC(Cl)=C1. The summed E-state index contributed by atoms with van der Waals surface area (Å²) < 4.78 is 5.56. The molecule has 0 aromatic carbocycles. The summed E-state index contributed by atoms with van der Waals surface area (Å²) in [6.45, 7) is 3.01. The first kappa shape index (κ1) is 10.6. The zero-order chi connectivity index (χ0) is 9.52. The van der Waals surface area contributed by atoms with E-state index in [1.54, 1.807) is 0 Å². The van der Waals surface area contributed by atoms with Gasteiger partial charge in [0.2, 0.25) is 0 Å². The van der Waals surface area contributed by atoms with Crippen molar-refractivity contribution in [2.24, 2.45) is 0 Å². The van der Waals surface area contributed by atoms with Crippen molar-refractivity contribution >= 4 is 11.6 Å². The molecule has 1 aliphatic carbocycles. The molecule has 13 heavy (non-hydrogen) atoms. The van der Waals surface area contributed by atoms with Crippen LogP contribution in [0.15, 0.2) is 22.9 Å². The van der Waals surface area contributed by atoms with E-state index < -0.39 is 0 Å². The van der Waals surface area contributed by atoms with Crippen LogP contribution in [-0.2, 0) is 4.74 Å². The molecule has 0 atom stereocenters. The van der Waals surface area contributed by atoms with Crippen LogP contribution in [0.2, 0.25) is 0 Å². The Kier molecular flexibility index (Phi) is 4.99. The van der Waals surface area contributed by atoms with Gasteiger partial charge in [-0.3, -0.25) is 0 Å². The number of hydrogen-bond acceptors (Lipinski definition) is 1. The van der Waals surface area contributed by atoms with E-state index in [1.165, 1.54) is 12.8 Å². The minimum Gasteiger partial charge on any atom is -0.494 e. The molecule has 0 unspecified atom stereocenters. The molecule has 1 aliphatic rings. The van der Waals surface area contributed by atoms with Crippen LogP contribution in [0.25, 0.3) is 0 Å². The Balaban J connectivity index is 2.18. The molecule has 1 rings (SSSR count). The molecule has 0 N–H and O–H groups in total. The first-order valence-electron chi connectivity index (χ1n) is 5.02. The standard InChI is InChI=1S/C11H17ClO/c1-2-3-4-8-13-11-7-5-6-10(12)9-11/h7,9H,2-6,8H2,1H3. The number of ether oxygens (including phenoxy) is 1. The van der Waals surface area contributed by atoms with E-state index in [9.17, 15) is 0 Å². The van der Waals surface area contributed by atoms with Gasteiger partial charge in [0, 0.05) is 5.03 Å². The molecule has 0 saturated carbocycles. The fraction of sp³-hybridized carbons (Fsp3) is 0.636. The summed E-state index contributed by atoms with van der Waals surface area (Å²) in [6.07, 6.45) is 9.62. The number of rotatable bonds is 5. The largest absolute Gasteiger partial charge is 0.494 e. The maximum atomic E-state index is 5.89. The van der Waals surface area contributed by atoms with E-state index >= 15 is 0 Å². The normalized spacial score (nSPS) is 16.5. The van der Waals surface area contributed by atoms with E-state index in [2.05, 4.69) is 13.0 Å². The van der Waals surface area contributed by atoms with Crippen molar-refractivity contribution in [2.45, 2.75) is 39.0 Å². The Morgan fingerprint density at radius 3 is 3.00 bits per heavy atom. The van der Waals surface area contributed by atoms with E-state index in [0.717, 1.165) is 36.7 Å². The van der Waals surface area contributed by atoms with Crippen molar-refractivity contribution in [1.29, 1.82) is 0 Å². The summed E-state index contributed by atoms with van der Waals surface area (Å²) in [7, 11) is 0. The van der Waals surface area contributed by atoms with Crippen LogP contribution < -0.4 is 0 Å². The van der Waals surface area contributed by atoms with Crippen molar-refractivity contribution in [1.82, 2.24) is 0 Å². The first-order valence-corrected chi connectivity index (χ1v) is 5.39. The topological polar surface area (TPSA) is 9.23 Å². The molecule has 1 nitrogen and oxygen atoms in total. The van der Waals surface area contributed by atoms with Crippen LogP contribution in [0.3, 0.4) is 0 Å². The minimum absolute atomic E-state index is 0.820. The minimum atomic E-state index is 0.820. The van der Waals surface area contributed by atoms with Gasteiger partial charge in [-0.25, -0.2) is 0 Å². The molecular weight excluding hydrogens is 184 g/mol. The van der Waals surface area contributed by atoms with Gasteiger partial charge in [0.15, 0.2) is 0 Å². The maximum Gasteiger partial charge on any atom is 0.116 e. The zero-order valence-electron chi connectivity index (χ0n) is 8.18. The van der Waals surface area contributed by atoms with Crippen LogP contribution >= 0.6 is 11.6 Å². The van der Waals surface area contributed by atoms with E-state index in [4.69, 9.17) is 16.3 Å². The van der Waals surface area contributed by atoms with Gasteiger partial charge in [0.1, 0.15) is 5.76 Å². The van der Waals surface area contributed by atoms with Crippen molar-refractivity contribution in [3.8, 4) is 0 Å². The molecule has 0 aromatic heterocycles. The molecule has 0 aliphatic heterocycles. The molecule has 0 bridgehead atoms. The lowest BCUT2D eigenvalue weighted by Gasteiger charge is -2.11. The summed E-state index contributed by atoms with van der Waals surface area (Å²) in [5, 5.41) is 0.910. The molecule has 0 aromatic rings. The molecule has 0 amide bonds. The monoisotopic (exact) mass is 200 g/mol. The highest BCUT2D eigenvalue weighted by atomic mass is 35.5. The highest BCUT2D eigenvalue weighted by molar-refractivity contribution is 6.29. The Morgan fingerprint density at radius 2 is 2.31 bits per heavy atom. The average Bonchev–Trinajstić information content (AvgIpc) is 2.13. The van der Waals surface area contributed by atoms with Gasteiger partial charge in [0.05, 0.1) is 6.61 Å². The van der Waals surface area contributed by atoms with E-state index in [-0.39, 0.29) is 0 Å². The van der Waals surface area contributed by atoms with Crippen molar-refractivity contribution in [3.63, 3.8) is 0 Å². The number of hydrogen-bond donors (Lipinski definition) is 0. The quantitative estimate of drug-likeness (QED) is 0.610. The average molecular weight is 201 g/mol. The maximum absolute atomic E-state index is 5.89. The lowest BCUT2D eigenvalue weighted by Crippen LogP contribution is -1.96. The second kappa shape index (κ2) is 6.09. The lowest BCUT2D eigenvalue weighted by atomic mass is 10.2. The molecule has 2 heteroatoms. The highest BCUT2D eigenvalue weighted by Gasteiger charge is 2.03. The van der Waals surface area contributed by atoms with Gasteiger partial charge >= 0.3 is 0 Å². The molecule has 74 valence electrons. The third-order valence-corrected chi connectivity index (χ3v) is 2.34. The van der Waals surface area contributed by atoms with E-state index in [1.807, 2.05) is 6.08 Å². The van der Waals surface area contributed by atoms with Crippen LogP contribution in [0.4, 0.5) is 0 Å². The molecule has 0 saturated heterocycles. The second-order valence-electron chi connectivity index (χ2n) is 3.29. The Morgan fingerprint density at radius 1 is 1.46 bits per heavy atom. The second-order valence-corrected chi connectivity index (χ2v) is 3.78. The number of unbranched alkanes of at least 4 members (excludes halogenated alkanes) is 2. The third kappa shape index (κ3) is 4.37. The molecular formula is C11H17ClO. The van der Waals surface area contributed by atoms with Crippen molar-refractivity contribution in [2.75, 3.05) is 6.61 Å². The fourth-order valence-corrected chi connectivity index (χ4v) is 1.50. The fourth-order valence-electron chi connectivity index (χ4n) is 1.28. The van der Waals surface area contributed by atoms with Gasteiger partial charge < -0.3 is 4.74 Å². The third-order valence-electron chi connectivity index (χ3n) is 2.04. The van der Waals surface area contributed by atoms with Gasteiger partial charge in [-0.1, -0.05) is 31.4 Å². The van der Waals surface area contributed by atoms with Crippen LogP contribution in [0, 0.1) is 0 Å². The summed E-state index contributed by atoms with van der Waals surface area (Å²) in [6, 6.07) is 0. The van der Waals surface area contributed by atoms with Crippen LogP contribution in [0.5, 0.6) is 0 Å². The molecule has 0 spiro atoms. The van der Waals surface area contributed by atoms with Gasteiger partial charge in [-0.2, -0.15) is 0 Å². The van der Waals surface area contributed by atoms with Crippen molar-refractivity contribution < 1.29 is 4.74 Å². The number of halogens is 1. The van der Waals surface area contributed by atoms with E-state index in [0.29, 0.717) is 0 Å². The summed E-state index contributed by atoms with van der Waals surface area (Å²) >= 11 is 5.89. The highest BCUT2D eigenvalue weighted by Crippen LogP contribution is 2.20. The van der Waals surface area contributed by atoms with Crippen LogP contribution in [-0.4, -0.2) is 6.61 Å². The summed E-state index contributed by atoms with van der Waals surface area (Å²) in [5.74, 6) is 0.951. The lowest BCUT2D eigenvalue weighted by molar-refractivity contribution is 0.215. The Labute approximate surface area is 85.4 Å². The summed E-state index contributed by atoms with van der Waals surface area (Å²) in [5.41, 5.74) is 0. The van der Waals surface area contributed by atoms with Gasteiger partial charge in [0.25, 0.3) is 0 Å². The molecule has 0 fully saturated rings. The smallest absolute Gasteiger partial charge is 0.116 e. The molecule has 0 radical (unpaired) electrons. The zero-order valence-corrected chi connectivity index (χ0v) is 8.94.